The fourth-order valence-corrected chi connectivity index (χ4v) is 3.49. The van der Waals surface area contributed by atoms with Crippen molar-refractivity contribution in [2.24, 2.45) is 0 Å². The lowest BCUT2D eigenvalue weighted by Gasteiger charge is -2.10. The predicted molar refractivity (Wildman–Crippen MR) is 115 cm³/mol. The van der Waals surface area contributed by atoms with Crippen molar-refractivity contribution in [3.05, 3.63) is 82.9 Å². The zero-order valence-electron chi connectivity index (χ0n) is 16.5. The molecule has 3 rings (SSSR count). The molecule has 138 valence electrons. The van der Waals surface area contributed by atoms with Gasteiger partial charge in [-0.05, 0) is 47.6 Å². The van der Waals surface area contributed by atoms with Crippen molar-refractivity contribution >= 4 is 0 Å². The van der Waals surface area contributed by atoms with Crippen LogP contribution in [0.15, 0.2) is 60.7 Å². The van der Waals surface area contributed by atoms with Gasteiger partial charge < -0.3 is 0 Å². The quantitative estimate of drug-likeness (QED) is 0.451. The summed E-state index contributed by atoms with van der Waals surface area (Å²) in [7, 11) is 0. The molecule has 0 bridgehead atoms. The number of aryl methyl sites for hydroxylation is 2. The Bertz CT molecular complexity index is 1030. The highest BCUT2D eigenvalue weighted by Gasteiger charge is 2.12. The van der Waals surface area contributed by atoms with Gasteiger partial charge in [-0.2, -0.15) is 10.5 Å². The molecule has 0 heterocycles. The van der Waals surface area contributed by atoms with E-state index in [-0.39, 0.29) is 0 Å². The molecule has 0 amide bonds. The topological polar surface area (TPSA) is 47.6 Å². The van der Waals surface area contributed by atoms with Crippen LogP contribution in [0.2, 0.25) is 0 Å². The largest absolute Gasteiger partial charge is 0.192 e. The minimum atomic E-state index is 0.451. The van der Waals surface area contributed by atoms with Crippen molar-refractivity contribution in [3.8, 4) is 34.4 Å². The van der Waals surface area contributed by atoms with Crippen LogP contribution < -0.4 is 0 Å². The van der Waals surface area contributed by atoms with Gasteiger partial charge in [-0.25, -0.2) is 0 Å². The SMILES string of the molecule is CCCCCc1ccc(-c2ccc(-c3ccc(C)c(C#N)c3C#N)cc2)cc1. The maximum absolute atomic E-state index is 9.55. The Kier molecular flexibility index (Phi) is 6.25. The highest BCUT2D eigenvalue weighted by molar-refractivity contribution is 5.77. The molecule has 0 fully saturated rings. The Morgan fingerprint density at radius 3 is 1.82 bits per heavy atom. The van der Waals surface area contributed by atoms with E-state index in [0.717, 1.165) is 28.7 Å². The lowest BCUT2D eigenvalue weighted by molar-refractivity contribution is 0.717. The van der Waals surface area contributed by atoms with Gasteiger partial charge in [-0.1, -0.05) is 80.4 Å². The molecule has 0 N–H and O–H groups in total. The first-order chi connectivity index (χ1) is 13.7. The molecule has 0 spiro atoms. The number of unbranched alkanes of at least 4 members (excludes halogenated alkanes) is 2. The summed E-state index contributed by atoms with van der Waals surface area (Å²) in [6.07, 6.45) is 4.90. The molecule has 3 aromatic carbocycles. The average molecular weight is 364 g/mol. The third-order valence-electron chi connectivity index (χ3n) is 5.19. The average Bonchev–Trinajstić information content (AvgIpc) is 2.74. The molecular weight excluding hydrogens is 340 g/mol. The summed E-state index contributed by atoms with van der Waals surface area (Å²) in [6.45, 7) is 4.09. The summed E-state index contributed by atoms with van der Waals surface area (Å²) < 4.78 is 0. The van der Waals surface area contributed by atoms with E-state index < -0.39 is 0 Å². The van der Waals surface area contributed by atoms with Crippen molar-refractivity contribution in [2.45, 2.75) is 39.5 Å². The van der Waals surface area contributed by atoms with Gasteiger partial charge in [-0.15, -0.1) is 0 Å². The Balaban J connectivity index is 1.85. The Morgan fingerprint density at radius 2 is 1.25 bits per heavy atom. The number of benzene rings is 3. The van der Waals surface area contributed by atoms with E-state index >= 15 is 0 Å². The second-order valence-electron chi connectivity index (χ2n) is 7.14. The van der Waals surface area contributed by atoms with Crippen LogP contribution in [0.4, 0.5) is 0 Å². The summed E-state index contributed by atoms with van der Waals surface area (Å²) in [6, 6.07) is 25.2. The molecule has 0 radical (unpaired) electrons. The van der Waals surface area contributed by atoms with Gasteiger partial charge in [0.05, 0.1) is 11.1 Å². The van der Waals surface area contributed by atoms with E-state index in [0.29, 0.717) is 11.1 Å². The zero-order chi connectivity index (χ0) is 19.9. The fourth-order valence-electron chi connectivity index (χ4n) is 3.49. The molecule has 0 unspecified atom stereocenters. The summed E-state index contributed by atoms with van der Waals surface area (Å²) in [4.78, 5) is 0. The van der Waals surface area contributed by atoms with E-state index in [2.05, 4.69) is 55.5 Å². The molecule has 0 aliphatic carbocycles. The highest BCUT2D eigenvalue weighted by Crippen LogP contribution is 2.30. The van der Waals surface area contributed by atoms with Crippen LogP contribution in [0.25, 0.3) is 22.3 Å². The number of hydrogen-bond donors (Lipinski definition) is 0. The minimum absolute atomic E-state index is 0.451. The summed E-state index contributed by atoms with van der Waals surface area (Å²) >= 11 is 0. The zero-order valence-corrected chi connectivity index (χ0v) is 16.5. The van der Waals surface area contributed by atoms with Gasteiger partial charge in [0.25, 0.3) is 0 Å². The number of nitriles is 2. The molecule has 0 aliphatic rings. The van der Waals surface area contributed by atoms with E-state index in [1.54, 1.807) is 0 Å². The molecule has 0 aliphatic heterocycles. The van der Waals surface area contributed by atoms with Gasteiger partial charge in [0.15, 0.2) is 0 Å². The van der Waals surface area contributed by atoms with Gasteiger partial charge in [0, 0.05) is 5.56 Å². The summed E-state index contributed by atoms with van der Waals surface area (Å²) in [5.74, 6) is 0. The first-order valence-electron chi connectivity index (χ1n) is 9.81. The molecule has 0 saturated carbocycles. The predicted octanol–water partition coefficient (Wildman–Crippen LogP) is 6.81. The van der Waals surface area contributed by atoms with Crippen LogP contribution >= 0.6 is 0 Å². The van der Waals surface area contributed by atoms with Crippen molar-refractivity contribution in [1.29, 1.82) is 10.5 Å². The van der Waals surface area contributed by atoms with E-state index in [9.17, 15) is 10.5 Å². The lowest BCUT2D eigenvalue weighted by Crippen LogP contribution is -1.93. The van der Waals surface area contributed by atoms with E-state index in [4.69, 9.17) is 0 Å². The van der Waals surface area contributed by atoms with Crippen molar-refractivity contribution in [3.63, 3.8) is 0 Å². The van der Waals surface area contributed by atoms with Crippen LogP contribution in [0.1, 0.15) is 48.4 Å². The normalized spacial score (nSPS) is 10.3. The summed E-state index contributed by atoms with van der Waals surface area (Å²) in [5.41, 5.74) is 7.22. The number of nitrogens with zero attached hydrogens (tertiary/aromatic N) is 2. The highest BCUT2D eigenvalue weighted by atomic mass is 14.3. The van der Waals surface area contributed by atoms with Crippen LogP contribution in [0.3, 0.4) is 0 Å². The van der Waals surface area contributed by atoms with Crippen LogP contribution in [-0.2, 0) is 6.42 Å². The maximum atomic E-state index is 9.55. The van der Waals surface area contributed by atoms with Crippen LogP contribution in [0, 0.1) is 29.6 Å². The maximum Gasteiger partial charge on any atom is 0.101 e. The molecule has 3 aromatic rings. The molecule has 28 heavy (non-hydrogen) atoms. The third kappa shape index (κ3) is 4.13. The van der Waals surface area contributed by atoms with E-state index in [1.165, 1.54) is 30.4 Å². The lowest BCUT2D eigenvalue weighted by atomic mass is 9.92. The van der Waals surface area contributed by atoms with E-state index in [1.807, 2.05) is 31.2 Å². The summed E-state index contributed by atoms with van der Waals surface area (Å²) in [5, 5.41) is 18.9. The minimum Gasteiger partial charge on any atom is -0.192 e. The van der Waals surface area contributed by atoms with Crippen LogP contribution in [-0.4, -0.2) is 0 Å². The molecule has 0 aromatic heterocycles. The molecular formula is C26H24N2. The first-order valence-corrected chi connectivity index (χ1v) is 9.81. The van der Waals surface area contributed by atoms with Crippen LogP contribution in [0.5, 0.6) is 0 Å². The fraction of sp³-hybridized carbons (Fsp3) is 0.231. The van der Waals surface area contributed by atoms with Crippen molar-refractivity contribution in [2.75, 3.05) is 0 Å². The smallest absolute Gasteiger partial charge is 0.101 e. The standard InChI is InChI=1S/C26H24N2/c1-3-4-5-6-20-8-10-21(11-9-20)22-12-14-23(15-13-22)24-16-7-19(2)25(17-27)26(24)18-28/h7-16H,3-6H2,1-2H3. The van der Waals surface area contributed by atoms with Gasteiger partial charge in [0.1, 0.15) is 12.1 Å². The second kappa shape index (κ2) is 9.03. The second-order valence-corrected chi connectivity index (χ2v) is 7.14. The first kappa shape index (κ1) is 19.4. The molecule has 0 atom stereocenters. The van der Waals surface area contributed by atoms with Gasteiger partial charge in [0.2, 0.25) is 0 Å². The van der Waals surface area contributed by atoms with Crippen molar-refractivity contribution in [1.82, 2.24) is 0 Å². The third-order valence-corrected chi connectivity index (χ3v) is 5.19. The Hall–Kier alpha value is -3.36. The molecule has 0 saturated heterocycles. The number of rotatable bonds is 6. The van der Waals surface area contributed by atoms with Crippen molar-refractivity contribution < 1.29 is 0 Å². The number of hydrogen-bond acceptors (Lipinski definition) is 2. The van der Waals surface area contributed by atoms with Gasteiger partial charge >= 0.3 is 0 Å². The molecule has 2 heteroatoms. The van der Waals surface area contributed by atoms with Gasteiger partial charge in [-0.3, -0.25) is 0 Å². The Labute approximate surface area is 167 Å². The monoisotopic (exact) mass is 364 g/mol. The Morgan fingerprint density at radius 1 is 0.679 bits per heavy atom. The molecule has 2 nitrogen and oxygen atoms in total.